The fourth-order valence-corrected chi connectivity index (χ4v) is 5.89. The molecule has 1 aliphatic carbocycles. The molecule has 2 fully saturated rings. The Kier molecular flexibility index (Phi) is 5.81. The number of aromatic hydroxyl groups is 1. The van der Waals surface area contributed by atoms with Gasteiger partial charge in [0.1, 0.15) is 29.0 Å². The maximum absolute atomic E-state index is 15.2. The highest BCUT2D eigenvalue weighted by atomic mass is 19.1. The van der Waals surface area contributed by atoms with Gasteiger partial charge in [-0.25, -0.2) is 19.2 Å². The van der Waals surface area contributed by atoms with Gasteiger partial charge in [0.15, 0.2) is 11.3 Å². The first-order valence-electron chi connectivity index (χ1n) is 11.9. The van der Waals surface area contributed by atoms with Crippen LogP contribution in [0, 0.1) is 11.7 Å². The number of hydrogen-bond donors (Lipinski definition) is 6. The topological polar surface area (TPSA) is 190 Å². The molecule has 4 amide bonds. The predicted molar refractivity (Wildman–Crippen MR) is 123 cm³/mol. The zero-order chi connectivity index (χ0) is 26.8. The molecule has 0 spiro atoms. The zero-order valence-electron chi connectivity index (χ0n) is 19.7. The number of phenolic OH excluding ortho intramolecular Hbond substituents is 1. The molecule has 1 aromatic carbocycles. The number of hydrogen-bond acceptors (Lipinski definition) is 9. The SMILES string of the molecule is NC(=O)C1=C(O)CC2CC3Cc4c(F)cc(NC(=O)CN5CCCC5)c(O)c4C(O)=C3C(=O)[N+]2(O)C1=O. The Bertz CT molecular complexity index is 1330. The summed E-state index contributed by atoms with van der Waals surface area (Å²) in [7, 11) is 0. The lowest BCUT2D eigenvalue weighted by molar-refractivity contribution is -0.996. The first kappa shape index (κ1) is 24.9. The Morgan fingerprint density at radius 2 is 1.81 bits per heavy atom. The molecule has 0 saturated carbocycles. The van der Waals surface area contributed by atoms with Crippen molar-refractivity contribution >= 4 is 35.1 Å². The lowest BCUT2D eigenvalue weighted by Gasteiger charge is -2.43. The van der Waals surface area contributed by atoms with Crippen LogP contribution in [-0.4, -0.2) is 79.4 Å². The van der Waals surface area contributed by atoms with Crippen molar-refractivity contribution in [2.75, 3.05) is 25.0 Å². The van der Waals surface area contributed by atoms with Gasteiger partial charge in [0, 0.05) is 24.0 Å². The van der Waals surface area contributed by atoms with Crippen LogP contribution in [0.3, 0.4) is 0 Å². The number of rotatable bonds is 4. The number of halogens is 1. The van der Waals surface area contributed by atoms with E-state index in [1.807, 2.05) is 4.90 Å². The summed E-state index contributed by atoms with van der Waals surface area (Å²) in [4.78, 5) is 52.4. The van der Waals surface area contributed by atoms with Crippen molar-refractivity contribution in [2.45, 2.75) is 38.1 Å². The van der Waals surface area contributed by atoms with Crippen molar-refractivity contribution in [2.24, 2.45) is 11.7 Å². The number of quaternary nitrogens is 1. The quantitative estimate of drug-likeness (QED) is 0.110. The molecular formula is C24H26FN4O8+. The largest absolute Gasteiger partial charge is 0.511 e. The Morgan fingerprint density at radius 3 is 2.46 bits per heavy atom. The third-order valence-corrected chi connectivity index (χ3v) is 7.66. The number of aliphatic hydroxyl groups is 2. The van der Waals surface area contributed by atoms with Gasteiger partial charge >= 0.3 is 11.8 Å². The summed E-state index contributed by atoms with van der Waals surface area (Å²) in [6, 6.07) is -0.268. The second kappa shape index (κ2) is 8.64. The number of phenols is 1. The van der Waals surface area contributed by atoms with Crippen LogP contribution in [0.15, 0.2) is 23.0 Å². The first-order valence-corrected chi connectivity index (χ1v) is 11.9. The van der Waals surface area contributed by atoms with E-state index in [4.69, 9.17) is 5.73 Å². The van der Waals surface area contributed by atoms with E-state index in [2.05, 4.69) is 5.32 Å². The van der Waals surface area contributed by atoms with Gasteiger partial charge in [-0.15, -0.1) is 0 Å². The summed E-state index contributed by atoms with van der Waals surface area (Å²) in [5, 5.41) is 45.7. The number of aliphatic hydroxyl groups excluding tert-OH is 2. The van der Waals surface area contributed by atoms with Crippen molar-refractivity contribution in [3.63, 3.8) is 0 Å². The van der Waals surface area contributed by atoms with Gasteiger partial charge in [-0.3, -0.25) is 14.5 Å². The Morgan fingerprint density at radius 1 is 1.14 bits per heavy atom. The number of fused-ring (bicyclic) bond motifs is 3. The average Bonchev–Trinajstić information content (AvgIpc) is 3.32. The third-order valence-electron chi connectivity index (χ3n) is 7.66. The minimum atomic E-state index is -1.93. The van der Waals surface area contributed by atoms with Gasteiger partial charge < -0.3 is 26.4 Å². The molecule has 5 rings (SSSR count). The van der Waals surface area contributed by atoms with Crippen LogP contribution < -0.4 is 11.1 Å². The van der Waals surface area contributed by atoms with Crippen LogP contribution in [-0.2, 0) is 25.6 Å². The summed E-state index contributed by atoms with van der Waals surface area (Å²) >= 11 is 0. The van der Waals surface area contributed by atoms with E-state index in [9.17, 15) is 39.7 Å². The molecule has 12 nitrogen and oxygen atoms in total. The highest BCUT2D eigenvalue weighted by molar-refractivity contribution is 6.19. The number of carbonyl (C=O) groups is 4. The molecular weight excluding hydrogens is 491 g/mol. The van der Waals surface area contributed by atoms with Crippen LogP contribution in [0.25, 0.3) is 5.76 Å². The molecule has 13 heteroatoms. The van der Waals surface area contributed by atoms with Gasteiger partial charge in [-0.05, 0) is 37.0 Å². The van der Waals surface area contributed by atoms with Crippen molar-refractivity contribution in [1.29, 1.82) is 0 Å². The molecule has 3 unspecified atom stereocenters. The van der Waals surface area contributed by atoms with Crippen LogP contribution in [0.2, 0.25) is 0 Å². The number of imide groups is 1. The van der Waals surface area contributed by atoms with Crippen molar-refractivity contribution < 1.29 is 48.7 Å². The van der Waals surface area contributed by atoms with Crippen LogP contribution in [0.4, 0.5) is 10.1 Å². The molecule has 3 aliphatic heterocycles. The third kappa shape index (κ3) is 3.69. The smallest absolute Gasteiger partial charge is 0.395 e. The Hall–Kier alpha value is -3.81. The minimum Gasteiger partial charge on any atom is -0.511 e. The molecule has 0 radical (unpaired) electrons. The Balaban J connectivity index is 1.54. The number of anilines is 1. The molecule has 4 aliphatic rings. The van der Waals surface area contributed by atoms with Gasteiger partial charge in [-0.2, -0.15) is 0 Å². The first-order chi connectivity index (χ1) is 17.4. The fraction of sp³-hybridized carbons (Fsp3) is 0.417. The van der Waals surface area contributed by atoms with Crippen LogP contribution >= 0.6 is 0 Å². The normalized spacial score (nSPS) is 27.6. The molecule has 2 saturated heterocycles. The van der Waals surface area contributed by atoms with E-state index in [1.165, 1.54) is 0 Å². The molecule has 196 valence electrons. The van der Waals surface area contributed by atoms with E-state index in [0.29, 0.717) is 0 Å². The second-order valence-corrected chi connectivity index (χ2v) is 9.88. The molecule has 1 aromatic rings. The molecule has 3 heterocycles. The number of benzene rings is 1. The lowest BCUT2D eigenvalue weighted by atomic mass is 9.73. The molecule has 3 atom stereocenters. The number of nitrogens with two attached hydrogens (primary N) is 1. The molecule has 0 aromatic heterocycles. The molecule has 37 heavy (non-hydrogen) atoms. The number of primary amides is 1. The predicted octanol–water partition coefficient (Wildman–Crippen LogP) is 0.740. The fourth-order valence-electron chi connectivity index (χ4n) is 5.89. The number of piperidine rings is 1. The number of nitrogens with zero attached hydrogens (tertiary/aromatic N) is 2. The van der Waals surface area contributed by atoms with E-state index in [0.717, 1.165) is 32.0 Å². The summed E-state index contributed by atoms with van der Waals surface area (Å²) in [6.07, 6.45) is 1.19. The van der Waals surface area contributed by atoms with E-state index in [1.54, 1.807) is 0 Å². The molecule has 0 bridgehead atoms. The minimum absolute atomic E-state index is 0.0301. The van der Waals surface area contributed by atoms with Crippen LogP contribution in [0.1, 0.15) is 36.8 Å². The van der Waals surface area contributed by atoms with E-state index < -0.39 is 86.5 Å². The van der Waals surface area contributed by atoms with Crippen LogP contribution in [0.5, 0.6) is 5.75 Å². The van der Waals surface area contributed by atoms with Crippen molar-refractivity contribution in [1.82, 2.24) is 4.90 Å². The number of nitrogens with one attached hydrogen (secondary N) is 1. The van der Waals surface area contributed by atoms with Crippen molar-refractivity contribution in [3.05, 3.63) is 39.9 Å². The average molecular weight is 517 g/mol. The number of amides is 4. The van der Waals surface area contributed by atoms with Crippen molar-refractivity contribution in [3.8, 4) is 5.75 Å². The summed E-state index contributed by atoms with van der Waals surface area (Å²) in [5.74, 6) is -8.42. The van der Waals surface area contributed by atoms with E-state index >= 15 is 4.39 Å². The summed E-state index contributed by atoms with van der Waals surface area (Å²) in [6.45, 7) is 1.50. The van der Waals surface area contributed by atoms with Gasteiger partial charge in [0.25, 0.3) is 5.91 Å². The summed E-state index contributed by atoms with van der Waals surface area (Å²) in [5.41, 5.74) is 2.96. The summed E-state index contributed by atoms with van der Waals surface area (Å²) < 4.78 is 13.2. The number of carbonyl (C=O) groups excluding carboxylic acids is 4. The number of likely N-dealkylation sites (tertiary alicyclic amines) is 1. The molecule has 7 N–H and O–H groups in total. The number of hydroxylamine groups is 3. The Labute approximate surface area is 209 Å². The zero-order valence-corrected chi connectivity index (χ0v) is 19.7. The highest BCUT2D eigenvalue weighted by Crippen LogP contribution is 2.49. The maximum atomic E-state index is 15.2. The van der Waals surface area contributed by atoms with Gasteiger partial charge in [-0.1, -0.05) is 0 Å². The monoisotopic (exact) mass is 517 g/mol. The lowest BCUT2D eigenvalue weighted by Crippen LogP contribution is -2.68. The van der Waals surface area contributed by atoms with Gasteiger partial charge in [0.05, 0.1) is 24.2 Å². The standard InChI is InChI=1S/C24H25FN4O8/c25-13-8-14(27-16(31)9-28-3-1-2-4-28)20(32)18-12(13)6-10-5-11-7-15(30)19(22(26)34)24(36)29(11,37)23(35)17(10)21(18)33/h8,10-11,37H,1-7,9H2,(H5-,26,27,30,31,32,33,34,35,36)/p+1. The maximum Gasteiger partial charge on any atom is 0.395 e. The van der Waals surface area contributed by atoms with E-state index in [-0.39, 0.29) is 30.6 Å². The highest BCUT2D eigenvalue weighted by Gasteiger charge is 2.64. The second-order valence-electron chi connectivity index (χ2n) is 9.88. The van der Waals surface area contributed by atoms with Gasteiger partial charge in [0.2, 0.25) is 5.91 Å².